The van der Waals surface area contributed by atoms with E-state index in [1.807, 2.05) is 13.8 Å². The molecule has 1 heterocycles. The Morgan fingerprint density at radius 2 is 2.10 bits per heavy atom. The highest BCUT2D eigenvalue weighted by Crippen LogP contribution is 2.35. The quantitative estimate of drug-likeness (QED) is 0.667. The lowest BCUT2D eigenvalue weighted by Crippen LogP contribution is -2.13. The first-order valence-electron chi connectivity index (χ1n) is 5.97. The molecule has 7 heteroatoms. The Bertz CT molecular complexity index is 621. The summed E-state index contributed by atoms with van der Waals surface area (Å²) < 4.78 is 18.7. The molecule has 20 heavy (non-hydrogen) atoms. The fourth-order valence-corrected chi connectivity index (χ4v) is 1.96. The molecular formula is C13H14ClFN4O. The number of aromatic nitrogens is 2. The van der Waals surface area contributed by atoms with E-state index < -0.39 is 5.82 Å². The minimum Gasteiger partial charge on any atom is -0.437 e. The highest BCUT2D eigenvalue weighted by molar-refractivity contribution is 6.32. The number of anilines is 1. The van der Waals surface area contributed by atoms with Gasteiger partial charge in [-0.1, -0.05) is 25.4 Å². The van der Waals surface area contributed by atoms with Crippen molar-refractivity contribution in [2.24, 2.45) is 5.84 Å². The summed E-state index contributed by atoms with van der Waals surface area (Å²) in [6, 6.07) is 3.88. The third-order valence-corrected chi connectivity index (χ3v) is 2.96. The second-order valence-electron chi connectivity index (χ2n) is 4.42. The molecule has 0 bridgehead atoms. The van der Waals surface area contributed by atoms with Gasteiger partial charge in [0.25, 0.3) is 0 Å². The first kappa shape index (κ1) is 14.5. The van der Waals surface area contributed by atoms with Gasteiger partial charge in [-0.05, 0) is 24.1 Å². The second kappa shape index (κ2) is 6.02. The van der Waals surface area contributed by atoms with Gasteiger partial charge in [-0.25, -0.2) is 20.2 Å². The molecular weight excluding hydrogens is 283 g/mol. The van der Waals surface area contributed by atoms with Gasteiger partial charge >= 0.3 is 0 Å². The predicted molar refractivity (Wildman–Crippen MR) is 75.4 cm³/mol. The summed E-state index contributed by atoms with van der Waals surface area (Å²) in [5.74, 6) is 6.20. The molecule has 0 saturated heterocycles. The summed E-state index contributed by atoms with van der Waals surface area (Å²) in [6.07, 6.45) is 1.33. The van der Waals surface area contributed by atoms with Crippen LogP contribution in [0.15, 0.2) is 24.5 Å². The van der Waals surface area contributed by atoms with Crippen molar-refractivity contribution in [1.82, 2.24) is 9.97 Å². The van der Waals surface area contributed by atoms with Gasteiger partial charge in [-0.3, -0.25) is 0 Å². The molecule has 1 aromatic carbocycles. The number of nitrogens with one attached hydrogen (secondary N) is 1. The van der Waals surface area contributed by atoms with Crippen LogP contribution in [0.3, 0.4) is 0 Å². The topological polar surface area (TPSA) is 73.1 Å². The van der Waals surface area contributed by atoms with Crippen LogP contribution in [0.2, 0.25) is 5.02 Å². The van der Waals surface area contributed by atoms with E-state index >= 15 is 0 Å². The third kappa shape index (κ3) is 2.97. The van der Waals surface area contributed by atoms with Crippen LogP contribution in [-0.2, 0) is 0 Å². The molecule has 2 aromatic rings. The van der Waals surface area contributed by atoms with Crippen molar-refractivity contribution < 1.29 is 9.13 Å². The minimum absolute atomic E-state index is 0.0801. The summed E-state index contributed by atoms with van der Waals surface area (Å²) in [4.78, 5) is 8.12. The number of nitrogens with two attached hydrogens (primary N) is 1. The molecule has 0 atom stereocenters. The Labute approximate surface area is 120 Å². The van der Waals surface area contributed by atoms with E-state index in [4.69, 9.17) is 22.2 Å². The van der Waals surface area contributed by atoms with Crippen LogP contribution in [0.25, 0.3) is 0 Å². The van der Waals surface area contributed by atoms with Crippen molar-refractivity contribution in [3.8, 4) is 11.6 Å². The Hall–Kier alpha value is -1.92. The van der Waals surface area contributed by atoms with E-state index in [0.717, 1.165) is 5.56 Å². The molecule has 0 unspecified atom stereocenters. The highest BCUT2D eigenvalue weighted by Gasteiger charge is 2.17. The van der Waals surface area contributed by atoms with Crippen LogP contribution in [-0.4, -0.2) is 9.97 Å². The van der Waals surface area contributed by atoms with E-state index in [1.54, 1.807) is 0 Å². The highest BCUT2D eigenvalue weighted by atomic mass is 35.5. The van der Waals surface area contributed by atoms with Crippen molar-refractivity contribution in [1.29, 1.82) is 0 Å². The average molecular weight is 297 g/mol. The molecule has 0 aliphatic carbocycles. The Balaban J connectivity index is 2.43. The van der Waals surface area contributed by atoms with Gasteiger partial charge in [-0.15, -0.1) is 0 Å². The zero-order valence-corrected chi connectivity index (χ0v) is 11.8. The molecule has 1 aromatic heterocycles. The molecule has 5 nitrogen and oxygen atoms in total. The molecule has 0 radical (unpaired) electrons. The van der Waals surface area contributed by atoms with Gasteiger partial charge in [0, 0.05) is 0 Å². The smallest absolute Gasteiger partial charge is 0.228 e. The van der Waals surface area contributed by atoms with Crippen LogP contribution in [0.5, 0.6) is 11.6 Å². The van der Waals surface area contributed by atoms with E-state index in [0.29, 0.717) is 17.4 Å². The molecule has 2 rings (SSSR count). The lowest BCUT2D eigenvalue weighted by Gasteiger charge is -2.15. The summed E-state index contributed by atoms with van der Waals surface area (Å²) in [7, 11) is 0. The van der Waals surface area contributed by atoms with Gasteiger partial charge in [0.15, 0.2) is 5.82 Å². The lowest BCUT2D eigenvalue weighted by atomic mass is 10.1. The maximum Gasteiger partial charge on any atom is 0.228 e. The number of benzene rings is 1. The van der Waals surface area contributed by atoms with E-state index in [1.165, 1.54) is 24.5 Å². The van der Waals surface area contributed by atoms with Crippen molar-refractivity contribution in [2.75, 3.05) is 5.43 Å². The van der Waals surface area contributed by atoms with Crippen LogP contribution >= 0.6 is 11.6 Å². The summed E-state index contributed by atoms with van der Waals surface area (Å²) >= 11 is 5.94. The fourth-order valence-electron chi connectivity index (χ4n) is 1.76. The Morgan fingerprint density at radius 1 is 1.35 bits per heavy atom. The molecule has 0 aliphatic heterocycles. The van der Waals surface area contributed by atoms with Crippen molar-refractivity contribution in [3.63, 3.8) is 0 Å². The molecule has 0 amide bonds. The molecule has 0 aliphatic rings. The van der Waals surface area contributed by atoms with Gasteiger partial charge in [0.05, 0.1) is 10.6 Å². The molecule has 106 valence electrons. The van der Waals surface area contributed by atoms with Gasteiger partial charge in [-0.2, -0.15) is 0 Å². The van der Waals surface area contributed by atoms with E-state index in [9.17, 15) is 4.39 Å². The number of hydrogen-bond donors (Lipinski definition) is 2. The summed E-state index contributed by atoms with van der Waals surface area (Å²) in [6.45, 7) is 3.91. The number of halogens is 2. The maximum atomic E-state index is 13.0. The van der Waals surface area contributed by atoms with Crippen LogP contribution in [0.4, 0.5) is 10.2 Å². The number of nitrogens with zero attached hydrogens (tertiary/aromatic N) is 2. The largest absolute Gasteiger partial charge is 0.437 e. The van der Waals surface area contributed by atoms with E-state index in [-0.39, 0.29) is 10.9 Å². The molecule has 0 fully saturated rings. The number of rotatable bonds is 4. The summed E-state index contributed by atoms with van der Waals surface area (Å²) in [5, 5.41) is 0.167. The normalized spacial score (nSPS) is 10.7. The second-order valence-corrected chi connectivity index (χ2v) is 4.82. The number of hydrogen-bond acceptors (Lipinski definition) is 5. The van der Waals surface area contributed by atoms with Gasteiger partial charge in [0.2, 0.25) is 5.88 Å². The molecule has 3 N–H and O–H groups in total. The first-order chi connectivity index (χ1) is 9.52. The average Bonchev–Trinajstić information content (AvgIpc) is 2.41. The van der Waals surface area contributed by atoms with Gasteiger partial charge in [0.1, 0.15) is 17.9 Å². The minimum atomic E-state index is -0.432. The molecule has 0 spiro atoms. The number of nitrogen functional groups attached to an aromatic ring is 1. The van der Waals surface area contributed by atoms with Crippen LogP contribution in [0, 0.1) is 5.82 Å². The predicted octanol–water partition coefficient (Wildman–Crippen LogP) is 3.47. The SMILES string of the molecule is CC(C)c1c(NN)ncnc1Oc1ccc(F)cc1Cl. The Kier molecular flexibility index (Phi) is 4.36. The van der Waals surface area contributed by atoms with Crippen molar-refractivity contribution in [3.05, 3.63) is 40.9 Å². The standard InChI is InChI=1S/C13H14ClFN4O/c1-7(2)11-12(19-16)17-6-18-13(11)20-10-4-3-8(15)5-9(10)14/h3-7H,16H2,1-2H3,(H,17,18,19). The molecule has 0 saturated carbocycles. The zero-order chi connectivity index (χ0) is 14.7. The first-order valence-corrected chi connectivity index (χ1v) is 6.35. The number of hydrazine groups is 1. The van der Waals surface area contributed by atoms with Gasteiger partial charge < -0.3 is 10.2 Å². The third-order valence-electron chi connectivity index (χ3n) is 2.66. The monoisotopic (exact) mass is 296 g/mol. The maximum absolute atomic E-state index is 13.0. The Morgan fingerprint density at radius 3 is 2.70 bits per heavy atom. The van der Waals surface area contributed by atoms with Crippen molar-refractivity contribution >= 4 is 17.4 Å². The number of ether oxygens (including phenoxy) is 1. The van der Waals surface area contributed by atoms with Crippen molar-refractivity contribution in [2.45, 2.75) is 19.8 Å². The van der Waals surface area contributed by atoms with Crippen LogP contribution < -0.4 is 16.0 Å². The lowest BCUT2D eigenvalue weighted by molar-refractivity contribution is 0.450. The van der Waals surface area contributed by atoms with E-state index in [2.05, 4.69) is 15.4 Å². The fraction of sp³-hybridized carbons (Fsp3) is 0.231. The zero-order valence-electron chi connectivity index (χ0n) is 11.0. The van der Waals surface area contributed by atoms with Crippen LogP contribution in [0.1, 0.15) is 25.3 Å². The summed E-state index contributed by atoms with van der Waals surface area (Å²) in [5.41, 5.74) is 3.22.